The quantitative estimate of drug-likeness (QED) is 0.742. The highest BCUT2D eigenvalue weighted by Crippen LogP contribution is 2.25. The molecule has 1 aromatic heterocycles. The van der Waals surface area contributed by atoms with Crippen molar-refractivity contribution in [3.63, 3.8) is 0 Å². The summed E-state index contributed by atoms with van der Waals surface area (Å²) in [6, 6.07) is 4.18. The molecule has 2 atom stereocenters. The number of piperidine rings is 1. The molecule has 4 rings (SSSR count). The van der Waals surface area contributed by atoms with Gasteiger partial charge in [0.25, 0.3) is 0 Å². The van der Waals surface area contributed by atoms with Crippen LogP contribution >= 0.6 is 0 Å². The fourth-order valence-electron chi connectivity index (χ4n) is 4.49. The number of hydrogen-bond acceptors (Lipinski definition) is 5. The number of nitrogens with zero attached hydrogens (tertiary/aromatic N) is 2. The van der Waals surface area contributed by atoms with E-state index in [1.807, 2.05) is 23.2 Å². The van der Waals surface area contributed by atoms with Crippen molar-refractivity contribution in [3.8, 4) is 0 Å². The third-order valence-electron chi connectivity index (χ3n) is 6.17. The summed E-state index contributed by atoms with van der Waals surface area (Å²) in [6.07, 6.45) is 10.5. The zero-order chi connectivity index (χ0) is 18.6. The number of pyridine rings is 1. The van der Waals surface area contributed by atoms with E-state index in [4.69, 9.17) is 0 Å². The van der Waals surface area contributed by atoms with Gasteiger partial charge in [-0.2, -0.15) is 0 Å². The van der Waals surface area contributed by atoms with Crippen molar-refractivity contribution < 1.29 is 9.59 Å². The Morgan fingerprint density at radius 2 is 1.89 bits per heavy atom. The van der Waals surface area contributed by atoms with Crippen LogP contribution in [0.2, 0.25) is 0 Å². The molecule has 0 radical (unpaired) electrons. The first-order valence-corrected chi connectivity index (χ1v) is 10.2. The van der Waals surface area contributed by atoms with E-state index in [-0.39, 0.29) is 29.8 Å². The Labute approximate surface area is 160 Å². The summed E-state index contributed by atoms with van der Waals surface area (Å²) in [7, 11) is 0. The van der Waals surface area contributed by atoms with Gasteiger partial charge in [-0.25, -0.2) is 10.9 Å². The molecule has 2 amide bonds. The molecule has 1 aliphatic carbocycles. The minimum absolute atomic E-state index is 0.0486. The molecule has 3 aliphatic rings. The number of hydrogen-bond donors (Lipinski definition) is 3. The SMILES string of the molecule is O=C(NC1CCCC1)C1CCN(C(=O)C2CC(c3cccnc3)NN2)CC1. The van der Waals surface area contributed by atoms with E-state index >= 15 is 0 Å². The van der Waals surface area contributed by atoms with Crippen LogP contribution in [0, 0.1) is 5.92 Å². The summed E-state index contributed by atoms with van der Waals surface area (Å²) in [4.78, 5) is 31.3. The predicted molar refractivity (Wildman–Crippen MR) is 101 cm³/mol. The molecule has 27 heavy (non-hydrogen) atoms. The Kier molecular flexibility index (Phi) is 5.69. The van der Waals surface area contributed by atoms with Crippen molar-refractivity contribution in [2.75, 3.05) is 13.1 Å². The number of likely N-dealkylation sites (tertiary alicyclic amines) is 1. The van der Waals surface area contributed by atoms with E-state index in [2.05, 4.69) is 21.2 Å². The maximum Gasteiger partial charge on any atom is 0.241 e. The Morgan fingerprint density at radius 3 is 2.59 bits per heavy atom. The van der Waals surface area contributed by atoms with Crippen LogP contribution in [0.15, 0.2) is 24.5 Å². The van der Waals surface area contributed by atoms with Gasteiger partial charge in [0.05, 0.1) is 0 Å². The summed E-state index contributed by atoms with van der Waals surface area (Å²) in [5.74, 6) is 0.363. The Hall–Kier alpha value is -1.99. The summed E-state index contributed by atoms with van der Waals surface area (Å²) in [6.45, 7) is 1.33. The third-order valence-corrected chi connectivity index (χ3v) is 6.17. The van der Waals surface area contributed by atoms with Crippen LogP contribution in [0.1, 0.15) is 56.6 Å². The molecule has 7 heteroatoms. The first kappa shape index (κ1) is 18.4. The number of aromatic nitrogens is 1. The van der Waals surface area contributed by atoms with E-state index in [1.165, 1.54) is 12.8 Å². The van der Waals surface area contributed by atoms with E-state index in [0.717, 1.165) is 31.2 Å². The minimum atomic E-state index is -0.223. The van der Waals surface area contributed by atoms with Crippen LogP contribution in [-0.2, 0) is 9.59 Å². The number of hydrazine groups is 1. The lowest BCUT2D eigenvalue weighted by atomic mass is 9.94. The van der Waals surface area contributed by atoms with E-state index in [9.17, 15) is 9.59 Å². The largest absolute Gasteiger partial charge is 0.353 e. The lowest BCUT2D eigenvalue weighted by Crippen LogP contribution is -2.50. The van der Waals surface area contributed by atoms with Gasteiger partial charge in [-0.15, -0.1) is 0 Å². The molecule has 2 saturated heterocycles. The molecule has 1 saturated carbocycles. The van der Waals surface area contributed by atoms with Gasteiger partial charge < -0.3 is 10.2 Å². The molecule has 2 unspecified atom stereocenters. The minimum Gasteiger partial charge on any atom is -0.353 e. The number of amides is 2. The number of nitrogens with one attached hydrogen (secondary N) is 3. The molecule has 2 aliphatic heterocycles. The van der Waals surface area contributed by atoms with E-state index in [0.29, 0.717) is 25.6 Å². The van der Waals surface area contributed by atoms with Crippen LogP contribution in [0.25, 0.3) is 0 Å². The second-order valence-corrected chi connectivity index (χ2v) is 8.01. The molecule has 3 fully saturated rings. The van der Waals surface area contributed by atoms with Crippen molar-refractivity contribution in [1.29, 1.82) is 0 Å². The first-order valence-electron chi connectivity index (χ1n) is 10.2. The normalized spacial score (nSPS) is 27.0. The van der Waals surface area contributed by atoms with Gasteiger partial charge in [0, 0.05) is 43.5 Å². The van der Waals surface area contributed by atoms with Crippen molar-refractivity contribution in [2.24, 2.45) is 5.92 Å². The van der Waals surface area contributed by atoms with Crippen molar-refractivity contribution in [2.45, 2.75) is 63.1 Å². The Morgan fingerprint density at radius 1 is 1.11 bits per heavy atom. The number of rotatable bonds is 4. The molecule has 0 bridgehead atoms. The van der Waals surface area contributed by atoms with Crippen molar-refractivity contribution in [3.05, 3.63) is 30.1 Å². The molecular formula is C20H29N5O2. The predicted octanol–water partition coefficient (Wildman–Crippen LogP) is 1.29. The van der Waals surface area contributed by atoms with Crippen molar-refractivity contribution in [1.82, 2.24) is 26.1 Å². The van der Waals surface area contributed by atoms with E-state index in [1.54, 1.807) is 6.20 Å². The van der Waals surface area contributed by atoms with Crippen LogP contribution in [0.5, 0.6) is 0 Å². The average molecular weight is 371 g/mol. The van der Waals surface area contributed by atoms with Gasteiger partial charge in [-0.3, -0.25) is 14.6 Å². The lowest BCUT2D eigenvalue weighted by Gasteiger charge is -2.33. The summed E-state index contributed by atoms with van der Waals surface area (Å²) < 4.78 is 0. The highest BCUT2D eigenvalue weighted by atomic mass is 16.2. The van der Waals surface area contributed by atoms with Crippen LogP contribution in [0.4, 0.5) is 0 Å². The summed E-state index contributed by atoms with van der Waals surface area (Å²) >= 11 is 0. The zero-order valence-corrected chi connectivity index (χ0v) is 15.7. The monoisotopic (exact) mass is 371 g/mol. The number of carbonyl (C=O) groups is 2. The third kappa shape index (κ3) is 4.30. The molecule has 0 spiro atoms. The standard InChI is InChI=1S/C20H29N5O2/c26-19(22-16-5-1-2-6-16)14-7-10-25(11-8-14)20(27)18-12-17(23-24-18)15-4-3-9-21-13-15/h3-4,9,13-14,16-18,23-24H,1-2,5-8,10-12H2,(H,22,26). The molecule has 7 nitrogen and oxygen atoms in total. The fraction of sp³-hybridized carbons (Fsp3) is 0.650. The molecular weight excluding hydrogens is 342 g/mol. The highest BCUT2D eigenvalue weighted by molar-refractivity contribution is 5.83. The Balaban J connectivity index is 1.24. The average Bonchev–Trinajstić information content (AvgIpc) is 3.40. The summed E-state index contributed by atoms with van der Waals surface area (Å²) in [5.41, 5.74) is 7.43. The van der Waals surface area contributed by atoms with Gasteiger partial charge in [0.15, 0.2) is 0 Å². The molecule has 0 aromatic carbocycles. The second-order valence-electron chi connectivity index (χ2n) is 8.01. The smallest absolute Gasteiger partial charge is 0.241 e. The first-order chi connectivity index (χ1) is 13.2. The van der Waals surface area contributed by atoms with Gasteiger partial charge in [0.1, 0.15) is 6.04 Å². The molecule has 146 valence electrons. The maximum atomic E-state index is 12.8. The summed E-state index contributed by atoms with van der Waals surface area (Å²) in [5, 5.41) is 3.20. The van der Waals surface area contributed by atoms with Crippen molar-refractivity contribution >= 4 is 11.8 Å². The van der Waals surface area contributed by atoms with Gasteiger partial charge >= 0.3 is 0 Å². The molecule has 3 heterocycles. The van der Waals surface area contributed by atoms with Gasteiger partial charge in [-0.05, 0) is 43.7 Å². The fourth-order valence-corrected chi connectivity index (χ4v) is 4.49. The molecule has 1 aromatic rings. The van der Waals surface area contributed by atoms with Crippen LogP contribution in [-0.4, -0.2) is 46.9 Å². The van der Waals surface area contributed by atoms with Crippen LogP contribution in [0.3, 0.4) is 0 Å². The lowest BCUT2D eigenvalue weighted by molar-refractivity contribution is -0.137. The topological polar surface area (TPSA) is 86.4 Å². The zero-order valence-electron chi connectivity index (χ0n) is 15.7. The van der Waals surface area contributed by atoms with Crippen LogP contribution < -0.4 is 16.2 Å². The van der Waals surface area contributed by atoms with E-state index < -0.39 is 0 Å². The van der Waals surface area contributed by atoms with Gasteiger partial charge in [-0.1, -0.05) is 18.9 Å². The Bertz CT molecular complexity index is 654. The highest BCUT2D eigenvalue weighted by Gasteiger charge is 2.35. The van der Waals surface area contributed by atoms with Gasteiger partial charge in [0.2, 0.25) is 11.8 Å². The molecule has 3 N–H and O–H groups in total. The number of carbonyl (C=O) groups excluding carboxylic acids is 2. The maximum absolute atomic E-state index is 12.8. The second kappa shape index (κ2) is 8.35.